The third-order valence-electron chi connectivity index (χ3n) is 1.99. The molecule has 2 aliphatic heterocycles. The fraction of sp³-hybridized carbons (Fsp3) is 0.833. The van der Waals surface area contributed by atoms with Crippen molar-refractivity contribution in [3.8, 4) is 0 Å². The van der Waals surface area contributed by atoms with Gasteiger partial charge in [0.2, 0.25) is 0 Å². The minimum absolute atomic E-state index is 0.166. The van der Waals surface area contributed by atoms with Gasteiger partial charge in [0.15, 0.2) is 0 Å². The van der Waals surface area contributed by atoms with Crippen molar-refractivity contribution in [2.75, 3.05) is 19.7 Å². The van der Waals surface area contributed by atoms with Crippen LogP contribution in [0.25, 0.3) is 0 Å². The minimum Gasteiger partial charge on any atom is -0.462 e. The quantitative estimate of drug-likeness (QED) is 0.405. The number of fused-ring (bicyclic) bond motifs is 1. The maximum absolute atomic E-state index is 10.4. The lowest BCUT2D eigenvalue weighted by Crippen LogP contribution is -2.45. The molecule has 0 spiro atoms. The fourth-order valence-corrected chi connectivity index (χ4v) is 1.40. The normalized spacial score (nSPS) is 32.1. The second-order valence-electron chi connectivity index (χ2n) is 3.05. The molecule has 1 N–H and O–H groups in total. The molecule has 1 saturated heterocycles. The topological polar surface area (TPSA) is 88.2 Å². The van der Waals surface area contributed by atoms with Gasteiger partial charge in [-0.3, -0.25) is 10.1 Å². The second-order valence-corrected chi connectivity index (χ2v) is 3.05. The first-order valence-electron chi connectivity index (χ1n) is 3.94. The summed E-state index contributed by atoms with van der Waals surface area (Å²) in [6, 6.07) is 0.284. The number of aliphatic hydroxyl groups excluding tert-OH is 1. The van der Waals surface area contributed by atoms with E-state index >= 15 is 0 Å². The van der Waals surface area contributed by atoms with Crippen molar-refractivity contribution in [2.45, 2.75) is 12.3 Å². The molecule has 7 heteroatoms. The molecule has 2 aliphatic rings. The third kappa shape index (κ3) is 1.42. The number of hydrogen-bond acceptors (Lipinski definition) is 6. The van der Waals surface area contributed by atoms with Gasteiger partial charge in [-0.25, -0.2) is 0 Å². The lowest BCUT2D eigenvalue weighted by molar-refractivity contribution is -0.518. The molecule has 2 atom stereocenters. The van der Waals surface area contributed by atoms with Crippen molar-refractivity contribution in [2.24, 2.45) is 4.99 Å². The average Bonchev–Trinajstić information content (AvgIpc) is 2.46. The highest BCUT2D eigenvalue weighted by molar-refractivity contribution is 5.76. The van der Waals surface area contributed by atoms with Crippen LogP contribution in [-0.4, -0.2) is 52.9 Å². The molecule has 7 nitrogen and oxygen atoms in total. The molecule has 2 rings (SSSR count). The molecule has 0 saturated carbocycles. The molecule has 0 bridgehead atoms. The Labute approximate surface area is 73.8 Å². The summed E-state index contributed by atoms with van der Waals surface area (Å²) in [5.74, 6) is 0. The zero-order chi connectivity index (χ0) is 9.42. The maximum atomic E-state index is 10.4. The monoisotopic (exact) mass is 187 g/mol. The summed E-state index contributed by atoms with van der Waals surface area (Å²) >= 11 is 0. The summed E-state index contributed by atoms with van der Waals surface area (Å²) in [5, 5.41) is 19.6. The SMILES string of the molecule is O=[N+]([O-])C1CN2C[C@H](O)COC2=N1. The fourth-order valence-electron chi connectivity index (χ4n) is 1.40. The smallest absolute Gasteiger partial charge is 0.325 e. The van der Waals surface area contributed by atoms with Gasteiger partial charge in [0.25, 0.3) is 6.02 Å². The summed E-state index contributed by atoms with van der Waals surface area (Å²) in [6.45, 7) is 0.725. The molecule has 13 heavy (non-hydrogen) atoms. The van der Waals surface area contributed by atoms with Gasteiger partial charge in [-0.15, -0.1) is 0 Å². The van der Waals surface area contributed by atoms with Gasteiger partial charge in [-0.2, -0.15) is 4.99 Å². The molecule has 72 valence electrons. The van der Waals surface area contributed by atoms with E-state index in [4.69, 9.17) is 4.74 Å². The van der Waals surface area contributed by atoms with E-state index in [1.165, 1.54) is 0 Å². The van der Waals surface area contributed by atoms with E-state index in [0.29, 0.717) is 6.54 Å². The summed E-state index contributed by atoms with van der Waals surface area (Å²) in [7, 11) is 0. The molecule has 0 aromatic carbocycles. The lowest BCUT2D eigenvalue weighted by atomic mass is 10.3. The van der Waals surface area contributed by atoms with E-state index in [-0.39, 0.29) is 19.2 Å². The predicted octanol–water partition coefficient (Wildman–Crippen LogP) is -1.35. The number of aliphatic hydroxyl groups is 1. The van der Waals surface area contributed by atoms with Gasteiger partial charge in [-0.1, -0.05) is 0 Å². The van der Waals surface area contributed by atoms with Gasteiger partial charge in [0, 0.05) is 4.92 Å². The first-order chi connectivity index (χ1) is 6.16. The van der Waals surface area contributed by atoms with Gasteiger partial charge < -0.3 is 14.7 Å². The highest BCUT2D eigenvalue weighted by Gasteiger charge is 2.37. The van der Waals surface area contributed by atoms with Crippen LogP contribution in [0, 0.1) is 10.1 Å². The zero-order valence-electron chi connectivity index (χ0n) is 6.79. The Morgan fingerprint density at radius 2 is 2.46 bits per heavy atom. The Kier molecular flexibility index (Phi) is 1.80. The number of aliphatic imine (C=N–C) groups is 1. The molecule has 0 aromatic rings. The number of nitrogens with zero attached hydrogens (tertiary/aromatic N) is 3. The maximum Gasteiger partial charge on any atom is 0.325 e. The van der Waals surface area contributed by atoms with Crippen molar-refractivity contribution in [1.82, 2.24) is 4.90 Å². The van der Waals surface area contributed by atoms with Crippen LogP contribution in [0.2, 0.25) is 0 Å². The predicted molar refractivity (Wildman–Crippen MR) is 41.7 cm³/mol. The van der Waals surface area contributed by atoms with Gasteiger partial charge >= 0.3 is 6.17 Å². The Hall–Kier alpha value is -1.37. The van der Waals surface area contributed by atoms with Gasteiger partial charge in [-0.05, 0) is 0 Å². The third-order valence-corrected chi connectivity index (χ3v) is 1.99. The lowest BCUT2D eigenvalue weighted by Gasteiger charge is -2.27. The molecular weight excluding hydrogens is 178 g/mol. The van der Waals surface area contributed by atoms with Crippen molar-refractivity contribution in [3.63, 3.8) is 0 Å². The Morgan fingerprint density at radius 3 is 3.15 bits per heavy atom. The van der Waals surface area contributed by atoms with Crippen LogP contribution in [0.5, 0.6) is 0 Å². The standard InChI is InChI=1S/C6H9N3O4/c10-4-1-8-2-5(9(11)12)7-6(8)13-3-4/h4-5,10H,1-3H2/t4-,5?/m0/s1. The van der Waals surface area contributed by atoms with E-state index in [1.807, 2.05) is 0 Å². The van der Waals surface area contributed by atoms with Crippen molar-refractivity contribution >= 4 is 6.02 Å². The molecule has 0 aromatic heterocycles. The van der Waals surface area contributed by atoms with E-state index in [1.54, 1.807) is 4.90 Å². The van der Waals surface area contributed by atoms with E-state index in [9.17, 15) is 15.2 Å². The van der Waals surface area contributed by atoms with Crippen LogP contribution < -0.4 is 0 Å². The second kappa shape index (κ2) is 2.84. The van der Waals surface area contributed by atoms with Crippen LogP contribution >= 0.6 is 0 Å². The first-order valence-corrected chi connectivity index (χ1v) is 3.94. The molecule has 1 unspecified atom stereocenters. The van der Waals surface area contributed by atoms with Crippen molar-refractivity contribution in [1.29, 1.82) is 0 Å². The molecule has 1 fully saturated rings. The Bertz CT molecular complexity index is 267. The van der Waals surface area contributed by atoms with E-state index < -0.39 is 17.2 Å². The minimum atomic E-state index is -0.944. The summed E-state index contributed by atoms with van der Waals surface area (Å²) in [5.41, 5.74) is 0. The number of ether oxygens (including phenoxy) is 1. The van der Waals surface area contributed by atoms with Crippen LogP contribution in [0.1, 0.15) is 0 Å². The summed E-state index contributed by atoms with van der Waals surface area (Å²) in [6.07, 6.45) is -1.52. The molecule has 0 aliphatic carbocycles. The first kappa shape index (κ1) is 8.24. The van der Waals surface area contributed by atoms with Crippen LogP contribution in [0.15, 0.2) is 4.99 Å². The van der Waals surface area contributed by atoms with Crippen LogP contribution in [0.3, 0.4) is 0 Å². The highest BCUT2D eigenvalue weighted by atomic mass is 16.6. The van der Waals surface area contributed by atoms with Gasteiger partial charge in [0.05, 0.1) is 6.54 Å². The molecular formula is C6H9N3O4. The average molecular weight is 187 g/mol. The molecule has 2 heterocycles. The van der Waals surface area contributed by atoms with Crippen molar-refractivity contribution < 1.29 is 14.8 Å². The highest BCUT2D eigenvalue weighted by Crippen LogP contribution is 2.15. The largest absolute Gasteiger partial charge is 0.462 e. The van der Waals surface area contributed by atoms with Crippen LogP contribution in [-0.2, 0) is 4.74 Å². The van der Waals surface area contributed by atoms with Gasteiger partial charge in [0.1, 0.15) is 19.3 Å². The number of hydrogen-bond donors (Lipinski definition) is 1. The summed E-state index contributed by atoms with van der Waals surface area (Å²) < 4.78 is 5.02. The van der Waals surface area contributed by atoms with Crippen molar-refractivity contribution in [3.05, 3.63) is 10.1 Å². The molecule has 0 amide bonds. The zero-order valence-corrected chi connectivity index (χ0v) is 6.79. The van der Waals surface area contributed by atoms with E-state index in [0.717, 1.165) is 0 Å². The van der Waals surface area contributed by atoms with E-state index in [2.05, 4.69) is 4.99 Å². The summed E-state index contributed by atoms with van der Waals surface area (Å²) in [4.78, 5) is 15.3. The number of amidine groups is 1. The Morgan fingerprint density at radius 1 is 1.69 bits per heavy atom. The molecule has 0 radical (unpaired) electrons. The number of nitro groups is 1. The Balaban J connectivity index is 2.08. The van der Waals surface area contributed by atoms with Crippen LogP contribution in [0.4, 0.5) is 0 Å². The number of rotatable bonds is 1.